The second-order valence-electron chi connectivity index (χ2n) is 20.1. The first kappa shape index (κ1) is 43.0. The van der Waals surface area contributed by atoms with Gasteiger partial charge in [0.25, 0.3) is 0 Å². The van der Waals surface area contributed by atoms with Gasteiger partial charge in [-0.2, -0.15) is 0 Å². The summed E-state index contributed by atoms with van der Waals surface area (Å²) >= 11 is 0. The number of benzene rings is 7. The van der Waals surface area contributed by atoms with Gasteiger partial charge in [-0.3, -0.25) is 0 Å². The summed E-state index contributed by atoms with van der Waals surface area (Å²) in [6.45, 7) is 2.33. The maximum absolute atomic E-state index is 2.51. The van der Waals surface area contributed by atoms with E-state index >= 15 is 0 Å². The van der Waals surface area contributed by atoms with Crippen LogP contribution >= 0.6 is 0 Å². The van der Waals surface area contributed by atoms with Crippen LogP contribution < -0.4 is 14.7 Å². The Hall–Kier alpha value is -8.86. The summed E-state index contributed by atoms with van der Waals surface area (Å²) < 4.78 is 2.39. The zero-order valence-corrected chi connectivity index (χ0v) is 40.7. The highest BCUT2D eigenvalue weighted by atomic mass is 15.2. The quantitative estimate of drug-likeness (QED) is 0.143. The SMILES string of the molecule is CC1C=CC(N(c2ccc(-c3ccc(N(C4=CC=CC5C=CC=CC45)c4ccc5c(c4)c4ccccc4n5-c4ccccc4)cc3)cc2)c2ccc3c(c2)C2C=CC=CC2N3c2ccccc2)=C2C=CC=CC21. The Kier molecular flexibility index (Phi) is 10.5. The summed E-state index contributed by atoms with van der Waals surface area (Å²) in [6, 6.07) is 63.1. The topological polar surface area (TPSA) is 14.7 Å². The van der Waals surface area contributed by atoms with E-state index in [1.54, 1.807) is 0 Å². The highest BCUT2D eigenvalue weighted by Crippen LogP contribution is 2.51. The molecule has 73 heavy (non-hydrogen) atoms. The molecule has 0 radical (unpaired) electrons. The number of rotatable bonds is 9. The Morgan fingerprint density at radius 3 is 1.82 bits per heavy atom. The van der Waals surface area contributed by atoms with Gasteiger partial charge >= 0.3 is 0 Å². The third-order valence-corrected chi connectivity index (χ3v) is 15.9. The predicted molar refractivity (Wildman–Crippen MR) is 306 cm³/mol. The lowest BCUT2D eigenvalue weighted by Gasteiger charge is -2.36. The molecule has 1 aromatic heterocycles. The molecular weight excluding hydrogens is 885 g/mol. The van der Waals surface area contributed by atoms with E-state index < -0.39 is 0 Å². The minimum Gasteiger partial charge on any atom is -0.333 e. The van der Waals surface area contributed by atoms with Crippen LogP contribution in [0.15, 0.2) is 290 Å². The van der Waals surface area contributed by atoms with Gasteiger partial charge in [0, 0.05) is 85.6 Å². The van der Waals surface area contributed by atoms with Gasteiger partial charge < -0.3 is 19.3 Å². The Labute approximate surface area is 428 Å². The average molecular weight is 939 g/mol. The molecule has 0 bridgehead atoms. The van der Waals surface area contributed by atoms with Gasteiger partial charge in [-0.05, 0) is 131 Å². The Bertz CT molecular complexity index is 3780. The first-order valence-electron chi connectivity index (χ1n) is 25.9. The number of allylic oxidation sites excluding steroid dienone is 16. The minimum atomic E-state index is 0.214. The summed E-state index contributed by atoms with van der Waals surface area (Å²) in [5.74, 6) is 1.49. The molecule has 5 aliphatic carbocycles. The van der Waals surface area contributed by atoms with Crippen LogP contribution in [0.5, 0.6) is 0 Å². The lowest BCUT2D eigenvalue weighted by Crippen LogP contribution is -2.28. The van der Waals surface area contributed by atoms with Crippen molar-refractivity contribution in [3.63, 3.8) is 0 Å². The van der Waals surface area contributed by atoms with Crippen LogP contribution in [0.4, 0.5) is 34.1 Å². The number of hydrogen-bond acceptors (Lipinski definition) is 3. The van der Waals surface area contributed by atoms with Crippen molar-refractivity contribution in [2.24, 2.45) is 23.7 Å². The average Bonchev–Trinajstić information content (AvgIpc) is 3.97. The van der Waals surface area contributed by atoms with Crippen molar-refractivity contribution in [1.29, 1.82) is 0 Å². The molecule has 0 N–H and O–H groups in total. The van der Waals surface area contributed by atoms with E-state index in [1.165, 1.54) is 66.8 Å². The molecule has 8 aromatic rings. The number of anilines is 6. The van der Waals surface area contributed by atoms with E-state index in [-0.39, 0.29) is 17.9 Å². The van der Waals surface area contributed by atoms with Crippen LogP contribution in [0.2, 0.25) is 0 Å². The zero-order valence-electron chi connectivity index (χ0n) is 40.7. The largest absolute Gasteiger partial charge is 0.333 e. The fourth-order valence-electron chi connectivity index (χ4n) is 12.4. The second-order valence-corrected chi connectivity index (χ2v) is 20.1. The maximum atomic E-state index is 2.51. The Balaban J connectivity index is 0.843. The standard InChI is InChI=1S/C69H54N4/c1-47-31-42-67(59-25-11-10-23-57(47)59)71(56-41-44-69-63(46-56)61-27-13-15-29-66(61)73(69)52-21-6-3-7-22-52)54-38-34-49(35-39-54)48-32-36-53(37-33-48)70(64-30-16-18-50-17-8-9-24-58(50)64)55-40-43-68-62(45-55)60-26-12-14-28-65(60)72(68)51-19-4-2-5-20-51/h2-47,50,57-58,61,66H,1H3. The first-order chi connectivity index (χ1) is 36.1. The van der Waals surface area contributed by atoms with Crippen molar-refractivity contribution >= 4 is 55.9 Å². The molecule has 7 aromatic carbocycles. The van der Waals surface area contributed by atoms with Crippen LogP contribution in [-0.2, 0) is 0 Å². The van der Waals surface area contributed by atoms with E-state index in [9.17, 15) is 0 Å². The van der Waals surface area contributed by atoms with Crippen LogP contribution in [0, 0.1) is 23.7 Å². The zero-order chi connectivity index (χ0) is 48.4. The first-order valence-corrected chi connectivity index (χ1v) is 25.9. The van der Waals surface area contributed by atoms with E-state index in [0.29, 0.717) is 17.8 Å². The van der Waals surface area contributed by atoms with Crippen LogP contribution in [0.3, 0.4) is 0 Å². The normalized spacial score (nSPS) is 21.9. The maximum Gasteiger partial charge on any atom is 0.0629 e. The van der Waals surface area contributed by atoms with Gasteiger partial charge in [-0.1, -0.05) is 177 Å². The molecule has 0 amide bonds. The Morgan fingerprint density at radius 2 is 1.03 bits per heavy atom. The van der Waals surface area contributed by atoms with Gasteiger partial charge in [0.1, 0.15) is 0 Å². The highest BCUT2D eigenvalue weighted by molar-refractivity contribution is 6.10. The minimum absolute atomic E-state index is 0.214. The summed E-state index contributed by atoms with van der Waals surface area (Å²) in [5.41, 5.74) is 18.1. The van der Waals surface area contributed by atoms with Crippen LogP contribution in [0.25, 0.3) is 38.6 Å². The monoisotopic (exact) mass is 938 g/mol. The van der Waals surface area contributed by atoms with Crippen molar-refractivity contribution in [3.05, 3.63) is 296 Å². The molecule has 0 saturated heterocycles. The van der Waals surface area contributed by atoms with E-state index in [4.69, 9.17) is 0 Å². The third-order valence-electron chi connectivity index (χ3n) is 15.9. The second kappa shape index (κ2) is 17.8. The van der Waals surface area contributed by atoms with Gasteiger partial charge in [0.2, 0.25) is 0 Å². The molecule has 0 fully saturated rings. The molecule has 6 atom stereocenters. The summed E-state index contributed by atoms with van der Waals surface area (Å²) in [6.07, 6.45) is 38.9. The molecule has 4 heteroatoms. The van der Waals surface area contributed by atoms with Crippen LogP contribution in [-0.4, -0.2) is 10.6 Å². The molecule has 0 saturated carbocycles. The van der Waals surface area contributed by atoms with Gasteiger partial charge in [0.15, 0.2) is 0 Å². The molecule has 0 spiro atoms. The van der Waals surface area contributed by atoms with Crippen molar-refractivity contribution in [2.45, 2.75) is 18.9 Å². The molecule has 6 unspecified atom stereocenters. The summed E-state index contributed by atoms with van der Waals surface area (Å²) in [7, 11) is 0. The van der Waals surface area contributed by atoms with Crippen molar-refractivity contribution in [1.82, 2.24) is 4.57 Å². The molecule has 350 valence electrons. The number of hydrogen-bond donors (Lipinski definition) is 0. The lowest BCUT2D eigenvalue weighted by molar-refractivity contribution is 0.576. The van der Waals surface area contributed by atoms with Gasteiger partial charge in [-0.25, -0.2) is 0 Å². The molecule has 2 heterocycles. The number of para-hydroxylation sites is 3. The predicted octanol–water partition coefficient (Wildman–Crippen LogP) is 17.5. The molecule has 4 nitrogen and oxygen atoms in total. The third kappa shape index (κ3) is 7.27. The molecule has 14 rings (SSSR count). The van der Waals surface area contributed by atoms with E-state index in [0.717, 1.165) is 28.4 Å². The Morgan fingerprint density at radius 1 is 0.425 bits per heavy atom. The molecular formula is C69H54N4. The number of nitrogens with zero attached hydrogens (tertiary/aromatic N) is 4. The molecule has 6 aliphatic rings. The lowest BCUT2D eigenvalue weighted by atomic mass is 9.79. The summed E-state index contributed by atoms with van der Waals surface area (Å²) in [4.78, 5) is 7.48. The van der Waals surface area contributed by atoms with E-state index in [2.05, 4.69) is 299 Å². The number of aromatic nitrogens is 1. The highest BCUT2D eigenvalue weighted by Gasteiger charge is 2.38. The van der Waals surface area contributed by atoms with Crippen LogP contribution in [0.1, 0.15) is 18.4 Å². The van der Waals surface area contributed by atoms with Crippen molar-refractivity contribution in [2.75, 3.05) is 14.7 Å². The van der Waals surface area contributed by atoms with Gasteiger partial charge in [-0.15, -0.1) is 0 Å². The van der Waals surface area contributed by atoms with E-state index in [1.807, 2.05) is 0 Å². The number of fused-ring (bicyclic) bond motifs is 8. The fourth-order valence-corrected chi connectivity index (χ4v) is 12.4. The summed E-state index contributed by atoms with van der Waals surface area (Å²) in [5, 5.41) is 2.48. The van der Waals surface area contributed by atoms with Crippen molar-refractivity contribution < 1.29 is 0 Å². The fraction of sp³-hybridized carbons (Fsp3) is 0.101. The van der Waals surface area contributed by atoms with Crippen molar-refractivity contribution in [3.8, 4) is 16.8 Å². The smallest absolute Gasteiger partial charge is 0.0629 e. The molecule has 1 aliphatic heterocycles. The van der Waals surface area contributed by atoms with Gasteiger partial charge in [0.05, 0.1) is 17.1 Å².